The molecule has 0 atom stereocenters. The molecule has 4 heteroatoms. The maximum Gasteiger partial charge on any atom is 0.0651 e. The van der Waals surface area contributed by atoms with Crippen molar-refractivity contribution in [2.45, 2.75) is 6.92 Å². The largest absolute Gasteiger partial charge is 0.352 e. The van der Waals surface area contributed by atoms with Gasteiger partial charge in [-0.05, 0) is 30.8 Å². The highest BCUT2D eigenvalue weighted by atomic mass is 15.3. The molecule has 2 aromatic rings. The van der Waals surface area contributed by atoms with Crippen LogP contribution in [0.25, 0.3) is 0 Å². The van der Waals surface area contributed by atoms with E-state index in [0.29, 0.717) is 0 Å². The van der Waals surface area contributed by atoms with Crippen molar-refractivity contribution in [1.82, 2.24) is 9.80 Å². The SMILES string of the molecule is CCN1CCN(CCN2c3ccccc3Nc3ccccc32)CC1. The zero-order valence-electron chi connectivity index (χ0n) is 14.4. The molecule has 0 saturated carbocycles. The van der Waals surface area contributed by atoms with Crippen LogP contribution in [0.4, 0.5) is 22.7 Å². The molecule has 0 radical (unpaired) electrons. The first-order valence-corrected chi connectivity index (χ1v) is 9.02. The minimum atomic E-state index is 1.03. The number of para-hydroxylation sites is 4. The number of piperazine rings is 1. The summed E-state index contributed by atoms with van der Waals surface area (Å²) in [7, 11) is 0. The van der Waals surface area contributed by atoms with Crippen LogP contribution in [-0.2, 0) is 0 Å². The molecule has 126 valence electrons. The Morgan fingerprint density at radius 2 is 1.29 bits per heavy atom. The van der Waals surface area contributed by atoms with Crippen LogP contribution < -0.4 is 10.2 Å². The smallest absolute Gasteiger partial charge is 0.0651 e. The third-order valence-corrected chi connectivity index (χ3v) is 5.21. The van der Waals surface area contributed by atoms with Crippen LogP contribution in [0.5, 0.6) is 0 Å². The summed E-state index contributed by atoms with van der Waals surface area (Å²) >= 11 is 0. The van der Waals surface area contributed by atoms with Gasteiger partial charge in [-0.25, -0.2) is 0 Å². The van der Waals surface area contributed by atoms with E-state index in [2.05, 4.69) is 75.5 Å². The van der Waals surface area contributed by atoms with E-state index in [-0.39, 0.29) is 0 Å². The van der Waals surface area contributed by atoms with Gasteiger partial charge in [-0.15, -0.1) is 0 Å². The third-order valence-electron chi connectivity index (χ3n) is 5.21. The summed E-state index contributed by atoms with van der Waals surface area (Å²) in [6.45, 7) is 10.3. The number of hydrogen-bond acceptors (Lipinski definition) is 4. The molecule has 0 bridgehead atoms. The molecule has 2 heterocycles. The topological polar surface area (TPSA) is 21.8 Å². The van der Waals surface area contributed by atoms with Crippen molar-refractivity contribution in [3.8, 4) is 0 Å². The zero-order chi connectivity index (χ0) is 16.4. The lowest BCUT2D eigenvalue weighted by Gasteiger charge is -2.38. The molecule has 4 rings (SSSR count). The summed E-state index contributed by atoms with van der Waals surface area (Å²) < 4.78 is 0. The lowest BCUT2D eigenvalue weighted by atomic mass is 10.1. The van der Waals surface area contributed by atoms with Crippen LogP contribution in [0.1, 0.15) is 6.92 Å². The van der Waals surface area contributed by atoms with E-state index in [0.717, 1.165) is 13.1 Å². The number of hydrogen-bond donors (Lipinski definition) is 1. The van der Waals surface area contributed by atoms with Crippen molar-refractivity contribution in [2.75, 3.05) is 56.0 Å². The molecule has 0 aliphatic carbocycles. The second-order valence-corrected chi connectivity index (χ2v) is 6.59. The number of nitrogens with one attached hydrogen (secondary N) is 1. The number of anilines is 4. The van der Waals surface area contributed by atoms with E-state index in [1.807, 2.05) is 0 Å². The molecule has 0 amide bonds. The Morgan fingerprint density at radius 1 is 0.750 bits per heavy atom. The third kappa shape index (κ3) is 2.99. The highest BCUT2D eigenvalue weighted by Crippen LogP contribution is 2.42. The molecule has 0 aromatic heterocycles. The van der Waals surface area contributed by atoms with Crippen LogP contribution in [-0.4, -0.2) is 55.6 Å². The highest BCUT2D eigenvalue weighted by molar-refractivity contribution is 5.91. The normalized spacial score (nSPS) is 18.0. The second kappa shape index (κ2) is 6.83. The molecular weight excluding hydrogens is 296 g/mol. The molecule has 1 saturated heterocycles. The van der Waals surface area contributed by atoms with Gasteiger partial charge in [0.2, 0.25) is 0 Å². The first kappa shape index (κ1) is 15.5. The van der Waals surface area contributed by atoms with Gasteiger partial charge >= 0.3 is 0 Å². The van der Waals surface area contributed by atoms with Crippen molar-refractivity contribution in [1.29, 1.82) is 0 Å². The van der Waals surface area contributed by atoms with Crippen LogP contribution in [0.3, 0.4) is 0 Å². The van der Waals surface area contributed by atoms with Crippen molar-refractivity contribution < 1.29 is 0 Å². The molecular formula is C20H26N4. The molecule has 2 aromatic carbocycles. The van der Waals surface area contributed by atoms with Gasteiger partial charge in [0.25, 0.3) is 0 Å². The first-order valence-electron chi connectivity index (χ1n) is 9.02. The van der Waals surface area contributed by atoms with Gasteiger partial charge in [0, 0.05) is 39.3 Å². The first-order chi connectivity index (χ1) is 11.8. The van der Waals surface area contributed by atoms with E-state index < -0.39 is 0 Å². The van der Waals surface area contributed by atoms with Gasteiger partial charge in [-0.3, -0.25) is 4.90 Å². The minimum Gasteiger partial charge on any atom is -0.352 e. The van der Waals surface area contributed by atoms with Crippen LogP contribution in [0.2, 0.25) is 0 Å². The lowest BCUT2D eigenvalue weighted by Crippen LogP contribution is -2.48. The van der Waals surface area contributed by atoms with E-state index >= 15 is 0 Å². The summed E-state index contributed by atoms with van der Waals surface area (Å²) in [5.41, 5.74) is 4.96. The average Bonchev–Trinajstić information content (AvgIpc) is 2.65. The van der Waals surface area contributed by atoms with Gasteiger partial charge in [0.05, 0.1) is 22.7 Å². The summed E-state index contributed by atoms with van der Waals surface area (Å²) in [5, 5.41) is 3.56. The standard InChI is InChI=1S/C20H26N4/c1-2-22-11-13-23(14-12-22)15-16-24-19-9-5-3-7-17(19)21-18-8-4-6-10-20(18)24/h3-10,21H,2,11-16H2,1H3. The summed E-state index contributed by atoms with van der Waals surface area (Å²) in [5.74, 6) is 0. The Kier molecular flexibility index (Phi) is 4.41. The summed E-state index contributed by atoms with van der Waals surface area (Å²) in [6.07, 6.45) is 0. The molecule has 2 aliphatic rings. The van der Waals surface area contributed by atoms with E-state index in [9.17, 15) is 0 Å². The highest BCUT2D eigenvalue weighted by Gasteiger charge is 2.23. The maximum absolute atomic E-state index is 3.56. The van der Waals surface area contributed by atoms with Crippen LogP contribution >= 0.6 is 0 Å². The van der Waals surface area contributed by atoms with Crippen molar-refractivity contribution in [3.63, 3.8) is 0 Å². The molecule has 0 unspecified atom stereocenters. The Bertz CT molecular complexity index is 646. The van der Waals surface area contributed by atoms with Gasteiger partial charge in [-0.1, -0.05) is 31.2 Å². The molecule has 2 aliphatic heterocycles. The predicted molar refractivity (Wildman–Crippen MR) is 102 cm³/mol. The Balaban J connectivity index is 1.51. The summed E-state index contributed by atoms with van der Waals surface area (Å²) in [6, 6.07) is 17.2. The predicted octanol–water partition coefficient (Wildman–Crippen LogP) is 3.52. The van der Waals surface area contributed by atoms with E-state index in [1.165, 1.54) is 55.5 Å². The zero-order valence-corrected chi connectivity index (χ0v) is 14.4. The Morgan fingerprint density at radius 3 is 1.88 bits per heavy atom. The quantitative estimate of drug-likeness (QED) is 0.929. The number of rotatable bonds is 4. The lowest BCUT2D eigenvalue weighted by molar-refractivity contribution is 0.140. The number of benzene rings is 2. The van der Waals surface area contributed by atoms with Crippen molar-refractivity contribution in [2.24, 2.45) is 0 Å². The number of nitrogens with zero attached hydrogens (tertiary/aromatic N) is 3. The van der Waals surface area contributed by atoms with Gasteiger partial charge in [0.15, 0.2) is 0 Å². The Hall–Kier alpha value is -2.04. The van der Waals surface area contributed by atoms with Crippen LogP contribution in [0, 0.1) is 0 Å². The average molecular weight is 322 g/mol. The number of fused-ring (bicyclic) bond motifs is 2. The number of likely N-dealkylation sites (N-methyl/N-ethyl adjacent to an activating group) is 1. The molecule has 1 N–H and O–H groups in total. The molecule has 0 spiro atoms. The van der Waals surface area contributed by atoms with Crippen LogP contribution in [0.15, 0.2) is 48.5 Å². The minimum absolute atomic E-state index is 1.03. The fourth-order valence-corrected chi connectivity index (χ4v) is 3.72. The van der Waals surface area contributed by atoms with Gasteiger partial charge < -0.3 is 15.1 Å². The van der Waals surface area contributed by atoms with E-state index in [1.54, 1.807) is 0 Å². The maximum atomic E-state index is 3.56. The second-order valence-electron chi connectivity index (χ2n) is 6.59. The Labute approximate surface area is 144 Å². The fourth-order valence-electron chi connectivity index (χ4n) is 3.72. The summed E-state index contributed by atoms with van der Waals surface area (Å²) in [4.78, 5) is 7.60. The van der Waals surface area contributed by atoms with E-state index in [4.69, 9.17) is 0 Å². The van der Waals surface area contributed by atoms with Gasteiger partial charge in [0.1, 0.15) is 0 Å². The molecule has 24 heavy (non-hydrogen) atoms. The van der Waals surface area contributed by atoms with Crippen molar-refractivity contribution >= 4 is 22.7 Å². The fraction of sp³-hybridized carbons (Fsp3) is 0.400. The molecule has 1 fully saturated rings. The molecule has 4 nitrogen and oxygen atoms in total. The van der Waals surface area contributed by atoms with Crippen molar-refractivity contribution in [3.05, 3.63) is 48.5 Å². The van der Waals surface area contributed by atoms with Gasteiger partial charge in [-0.2, -0.15) is 0 Å². The monoisotopic (exact) mass is 322 g/mol.